The van der Waals surface area contributed by atoms with Crippen LogP contribution in [0.3, 0.4) is 0 Å². The number of carbonyl (C=O) groups excluding carboxylic acids is 1. The van der Waals surface area contributed by atoms with Gasteiger partial charge in [-0.25, -0.2) is 0 Å². The van der Waals surface area contributed by atoms with E-state index in [0.717, 1.165) is 22.2 Å². The van der Waals surface area contributed by atoms with E-state index < -0.39 is 18.3 Å². The van der Waals surface area contributed by atoms with E-state index in [4.69, 9.17) is 9.31 Å². The SMILES string of the molecule is CC(=O)SCC(=Cc1ccc(CO)c(C)c1)B1OC(C)(C)C(C)(C)O1. The van der Waals surface area contributed by atoms with E-state index in [9.17, 15) is 9.90 Å². The van der Waals surface area contributed by atoms with Crippen LogP contribution in [0.4, 0.5) is 0 Å². The van der Waals surface area contributed by atoms with Crippen molar-refractivity contribution in [1.29, 1.82) is 0 Å². The first-order valence-electron chi connectivity index (χ1n) is 8.45. The molecule has 0 saturated carbocycles. The van der Waals surface area contributed by atoms with Gasteiger partial charge < -0.3 is 14.4 Å². The van der Waals surface area contributed by atoms with Gasteiger partial charge in [-0.05, 0) is 56.8 Å². The molecule has 1 saturated heterocycles. The molecular weight excluding hydrogens is 335 g/mol. The average Bonchev–Trinajstić information content (AvgIpc) is 2.71. The number of aliphatic hydroxyl groups is 1. The van der Waals surface area contributed by atoms with E-state index >= 15 is 0 Å². The molecule has 1 aromatic rings. The second-order valence-corrected chi connectivity index (χ2v) is 8.58. The lowest BCUT2D eigenvalue weighted by Crippen LogP contribution is -2.41. The minimum absolute atomic E-state index is 0.0279. The Labute approximate surface area is 155 Å². The van der Waals surface area contributed by atoms with Gasteiger partial charge in [0.15, 0.2) is 5.12 Å². The number of carbonyl (C=O) groups is 1. The standard InChI is InChI=1S/C19H27BO4S/c1-13-9-15(7-8-16(13)11-21)10-17(12-25-14(2)22)20-23-18(3,4)19(5,6)24-20/h7-10,21H,11-12H2,1-6H3. The number of aliphatic hydroxyl groups excluding tert-OH is 1. The molecule has 2 rings (SSSR count). The highest BCUT2D eigenvalue weighted by atomic mass is 32.2. The first-order chi connectivity index (χ1) is 11.6. The third-order valence-electron chi connectivity index (χ3n) is 4.89. The Hall–Kier alpha value is -1.08. The van der Waals surface area contributed by atoms with Crippen molar-refractivity contribution in [3.8, 4) is 0 Å². The van der Waals surface area contributed by atoms with Crippen LogP contribution in [0.25, 0.3) is 6.08 Å². The van der Waals surface area contributed by atoms with E-state index in [2.05, 4.69) is 0 Å². The Kier molecular flexibility index (Phi) is 6.20. The molecule has 0 bridgehead atoms. The van der Waals surface area contributed by atoms with Gasteiger partial charge in [0.25, 0.3) is 0 Å². The van der Waals surface area contributed by atoms with Crippen LogP contribution in [-0.2, 0) is 20.7 Å². The Bertz CT molecular complexity index is 666. The summed E-state index contributed by atoms with van der Waals surface area (Å²) in [5, 5.41) is 9.39. The number of hydrogen-bond donors (Lipinski definition) is 1. The summed E-state index contributed by atoms with van der Waals surface area (Å²) in [6.07, 6.45) is 2.02. The zero-order chi connectivity index (χ0) is 18.8. The molecule has 1 heterocycles. The predicted molar refractivity (Wildman–Crippen MR) is 104 cm³/mol. The van der Waals surface area contributed by atoms with Crippen LogP contribution < -0.4 is 0 Å². The average molecular weight is 362 g/mol. The molecule has 0 amide bonds. The quantitative estimate of drug-likeness (QED) is 0.808. The number of rotatable bonds is 5. The lowest BCUT2D eigenvalue weighted by molar-refractivity contribution is -0.109. The Balaban J connectivity index is 2.33. The highest BCUT2D eigenvalue weighted by molar-refractivity contribution is 8.13. The molecule has 0 aliphatic carbocycles. The van der Waals surface area contributed by atoms with Gasteiger partial charge in [-0.15, -0.1) is 0 Å². The summed E-state index contributed by atoms with van der Waals surface area (Å²) in [4.78, 5) is 11.4. The van der Waals surface area contributed by atoms with Gasteiger partial charge in [-0.1, -0.05) is 36.0 Å². The second kappa shape index (κ2) is 7.66. The lowest BCUT2D eigenvalue weighted by atomic mass is 9.78. The summed E-state index contributed by atoms with van der Waals surface area (Å²) in [5.41, 5.74) is 3.03. The van der Waals surface area contributed by atoms with Gasteiger partial charge in [0, 0.05) is 12.7 Å². The molecule has 0 unspecified atom stereocenters. The molecule has 0 radical (unpaired) electrons. The van der Waals surface area contributed by atoms with Crippen LogP contribution in [0.5, 0.6) is 0 Å². The molecule has 25 heavy (non-hydrogen) atoms. The van der Waals surface area contributed by atoms with Crippen LogP contribution >= 0.6 is 11.8 Å². The monoisotopic (exact) mass is 362 g/mol. The zero-order valence-electron chi connectivity index (χ0n) is 15.9. The summed E-state index contributed by atoms with van der Waals surface area (Å²) in [6, 6.07) is 5.90. The number of aryl methyl sites for hydroxylation is 1. The summed E-state index contributed by atoms with van der Waals surface area (Å²) in [5.74, 6) is 0.521. The Morgan fingerprint density at radius 2 is 1.84 bits per heavy atom. The van der Waals surface area contributed by atoms with Crippen molar-refractivity contribution >= 4 is 30.1 Å². The normalized spacial score (nSPS) is 19.3. The molecule has 1 aromatic carbocycles. The predicted octanol–water partition coefficient (Wildman–Crippen LogP) is 3.78. The molecule has 6 heteroatoms. The van der Waals surface area contributed by atoms with Crippen LogP contribution in [0, 0.1) is 6.92 Å². The molecule has 1 fully saturated rings. The topological polar surface area (TPSA) is 55.8 Å². The van der Waals surface area contributed by atoms with Gasteiger partial charge in [-0.2, -0.15) is 0 Å². The Morgan fingerprint density at radius 3 is 2.32 bits per heavy atom. The van der Waals surface area contributed by atoms with E-state index in [0.29, 0.717) is 5.75 Å². The van der Waals surface area contributed by atoms with Crippen molar-refractivity contribution in [2.45, 2.75) is 59.4 Å². The first kappa shape index (κ1) is 20.2. The minimum Gasteiger partial charge on any atom is -0.400 e. The maximum atomic E-state index is 11.4. The van der Waals surface area contributed by atoms with Crippen molar-refractivity contribution in [3.05, 3.63) is 40.4 Å². The van der Waals surface area contributed by atoms with Crippen LogP contribution in [0.2, 0.25) is 0 Å². The molecule has 1 aliphatic rings. The van der Waals surface area contributed by atoms with Gasteiger partial charge >= 0.3 is 7.12 Å². The van der Waals surface area contributed by atoms with Crippen LogP contribution in [-0.4, -0.2) is 34.3 Å². The van der Waals surface area contributed by atoms with E-state index in [-0.39, 0.29) is 11.7 Å². The molecule has 0 spiro atoms. The Morgan fingerprint density at radius 1 is 1.24 bits per heavy atom. The van der Waals surface area contributed by atoms with E-state index in [1.54, 1.807) is 6.92 Å². The molecule has 1 N–H and O–H groups in total. The van der Waals surface area contributed by atoms with Gasteiger partial charge in [0.05, 0.1) is 17.8 Å². The van der Waals surface area contributed by atoms with Crippen molar-refractivity contribution in [2.75, 3.05) is 5.75 Å². The highest BCUT2D eigenvalue weighted by Gasteiger charge is 2.52. The number of benzene rings is 1. The van der Waals surface area contributed by atoms with Gasteiger partial charge in [0.1, 0.15) is 0 Å². The lowest BCUT2D eigenvalue weighted by Gasteiger charge is -2.32. The number of hydrogen-bond acceptors (Lipinski definition) is 5. The molecule has 136 valence electrons. The van der Waals surface area contributed by atoms with Crippen molar-refractivity contribution in [3.63, 3.8) is 0 Å². The molecule has 4 nitrogen and oxygen atoms in total. The third kappa shape index (κ3) is 4.76. The van der Waals surface area contributed by atoms with Crippen molar-refractivity contribution in [2.24, 2.45) is 0 Å². The number of thioether (sulfide) groups is 1. The highest BCUT2D eigenvalue weighted by Crippen LogP contribution is 2.39. The van der Waals surface area contributed by atoms with Crippen molar-refractivity contribution in [1.82, 2.24) is 0 Å². The summed E-state index contributed by atoms with van der Waals surface area (Å²) in [6.45, 7) is 11.6. The fourth-order valence-electron chi connectivity index (χ4n) is 2.56. The molecule has 0 atom stereocenters. The minimum atomic E-state index is -0.477. The van der Waals surface area contributed by atoms with E-state index in [1.807, 2.05) is 58.9 Å². The molecular formula is C19H27BO4S. The second-order valence-electron chi connectivity index (χ2n) is 7.43. The fourth-order valence-corrected chi connectivity index (χ4v) is 3.15. The smallest absolute Gasteiger partial charge is 0.400 e. The fraction of sp³-hybridized carbons (Fsp3) is 0.526. The summed E-state index contributed by atoms with van der Waals surface area (Å²) < 4.78 is 12.3. The van der Waals surface area contributed by atoms with Gasteiger partial charge in [0.2, 0.25) is 0 Å². The van der Waals surface area contributed by atoms with E-state index in [1.165, 1.54) is 11.8 Å². The van der Waals surface area contributed by atoms with Crippen LogP contribution in [0.15, 0.2) is 23.7 Å². The summed E-state index contributed by atoms with van der Waals surface area (Å²) in [7, 11) is -0.477. The first-order valence-corrected chi connectivity index (χ1v) is 9.44. The third-order valence-corrected chi connectivity index (χ3v) is 5.77. The largest absolute Gasteiger partial charge is 0.491 e. The molecule has 1 aliphatic heterocycles. The summed E-state index contributed by atoms with van der Waals surface area (Å²) >= 11 is 1.25. The zero-order valence-corrected chi connectivity index (χ0v) is 16.7. The van der Waals surface area contributed by atoms with Crippen LogP contribution in [0.1, 0.15) is 51.3 Å². The van der Waals surface area contributed by atoms with Gasteiger partial charge in [-0.3, -0.25) is 4.79 Å². The maximum absolute atomic E-state index is 11.4. The maximum Gasteiger partial charge on any atom is 0.491 e. The molecule has 0 aromatic heterocycles. The van der Waals surface area contributed by atoms with Crippen molar-refractivity contribution < 1.29 is 19.2 Å².